The van der Waals surface area contributed by atoms with E-state index in [0.717, 1.165) is 30.2 Å². The summed E-state index contributed by atoms with van der Waals surface area (Å²) in [6.45, 7) is 10.8. The van der Waals surface area contributed by atoms with Crippen LogP contribution in [0.5, 0.6) is 0 Å². The van der Waals surface area contributed by atoms with E-state index >= 15 is 0 Å². The van der Waals surface area contributed by atoms with Crippen LogP contribution in [0.1, 0.15) is 57.9 Å². The first-order valence-electron chi connectivity index (χ1n) is 10.1. The van der Waals surface area contributed by atoms with Crippen molar-refractivity contribution in [3.05, 3.63) is 53.2 Å². The molecule has 3 heteroatoms. The van der Waals surface area contributed by atoms with E-state index in [0.29, 0.717) is 5.41 Å². The van der Waals surface area contributed by atoms with E-state index in [9.17, 15) is 0 Å². The van der Waals surface area contributed by atoms with E-state index < -0.39 is 0 Å². The maximum Gasteiger partial charge on any atom is 0.124 e. The van der Waals surface area contributed by atoms with Gasteiger partial charge in [0.2, 0.25) is 0 Å². The average Bonchev–Trinajstić information content (AvgIpc) is 3.12. The van der Waals surface area contributed by atoms with E-state index in [4.69, 9.17) is 4.99 Å². The zero-order chi connectivity index (χ0) is 18.4. The molecule has 140 valence electrons. The number of aliphatic imine (C=N–C) groups is 1. The van der Waals surface area contributed by atoms with E-state index in [1.54, 1.807) is 11.8 Å². The molecule has 2 fully saturated rings. The highest BCUT2D eigenvalue weighted by atomic mass is 32.2. The Morgan fingerprint density at radius 1 is 1.23 bits per heavy atom. The lowest BCUT2D eigenvalue weighted by atomic mass is 9.77. The number of thioether (sulfide) groups is 1. The van der Waals surface area contributed by atoms with Crippen LogP contribution in [0.4, 0.5) is 0 Å². The highest BCUT2D eigenvalue weighted by molar-refractivity contribution is 8.03. The largest absolute Gasteiger partial charge is 0.357 e. The zero-order valence-electron chi connectivity index (χ0n) is 16.3. The Morgan fingerprint density at radius 3 is 2.62 bits per heavy atom. The molecular formula is C23H32N2S. The Bertz CT molecular complexity index is 673. The van der Waals surface area contributed by atoms with Crippen molar-refractivity contribution in [1.82, 2.24) is 4.90 Å². The van der Waals surface area contributed by atoms with Crippen molar-refractivity contribution in [2.45, 2.75) is 63.7 Å². The number of aryl methyl sites for hydroxylation is 1. The van der Waals surface area contributed by atoms with Gasteiger partial charge in [-0.3, -0.25) is 0 Å². The molecule has 0 radical (unpaired) electrons. The molecule has 0 N–H and O–H groups in total. The van der Waals surface area contributed by atoms with Crippen molar-refractivity contribution in [2.75, 3.05) is 13.1 Å². The van der Waals surface area contributed by atoms with Gasteiger partial charge in [-0.05, 0) is 68.2 Å². The fraction of sp³-hybridized carbons (Fsp3) is 0.522. The second kappa shape index (κ2) is 8.94. The van der Waals surface area contributed by atoms with Gasteiger partial charge in [0, 0.05) is 29.1 Å². The molecule has 0 bridgehead atoms. The van der Waals surface area contributed by atoms with Crippen LogP contribution in [0, 0.1) is 5.41 Å². The quantitative estimate of drug-likeness (QED) is 0.424. The summed E-state index contributed by atoms with van der Waals surface area (Å²) in [4.78, 5) is 9.44. The molecular weight excluding hydrogens is 336 g/mol. The molecule has 2 aliphatic rings. The molecule has 1 heterocycles. The maximum absolute atomic E-state index is 4.76. The van der Waals surface area contributed by atoms with E-state index in [-0.39, 0.29) is 0 Å². The third kappa shape index (κ3) is 4.82. The van der Waals surface area contributed by atoms with Crippen LogP contribution in [0.15, 0.2) is 57.5 Å². The minimum atomic E-state index is 0.656. The van der Waals surface area contributed by atoms with Gasteiger partial charge in [-0.15, -0.1) is 0 Å². The molecule has 1 saturated carbocycles. The Labute approximate surface area is 163 Å². The van der Waals surface area contributed by atoms with Gasteiger partial charge in [-0.25, -0.2) is 4.99 Å². The summed E-state index contributed by atoms with van der Waals surface area (Å²) >= 11 is 1.70. The van der Waals surface area contributed by atoms with Crippen LogP contribution in [0.25, 0.3) is 0 Å². The minimum absolute atomic E-state index is 0.656. The third-order valence-corrected chi connectivity index (χ3v) is 6.82. The number of hydrogen-bond acceptors (Lipinski definition) is 3. The average molecular weight is 369 g/mol. The van der Waals surface area contributed by atoms with Crippen LogP contribution < -0.4 is 0 Å². The van der Waals surface area contributed by atoms with Gasteiger partial charge in [0.25, 0.3) is 0 Å². The smallest absolute Gasteiger partial charge is 0.124 e. The zero-order valence-corrected chi connectivity index (χ0v) is 17.2. The molecule has 3 rings (SSSR count). The van der Waals surface area contributed by atoms with Crippen molar-refractivity contribution in [1.29, 1.82) is 0 Å². The first-order valence-corrected chi connectivity index (χ1v) is 10.9. The predicted molar refractivity (Wildman–Crippen MR) is 115 cm³/mol. The molecule has 1 aliphatic heterocycles. The second-order valence-corrected chi connectivity index (χ2v) is 8.87. The lowest BCUT2D eigenvalue weighted by Gasteiger charge is -2.40. The Morgan fingerprint density at radius 2 is 1.96 bits per heavy atom. The highest BCUT2D eigenvalue weighted by Crippen LogP contribution is 2.46. The van der Waals surface area contributed by atoms with Crippen LogP contribution in [-0.4, -0.2) is 24.2 Å². The summed E-state index contributed by atoms with van der Waals surface area (Å²) in [7, 11) is 0. The number of likely N-dealkylation sites (tertiary alicyclic amines) is 1. The number of nitrogens with zero attached hydrogens (tertiary/aromatic N) is 2. The monoisotopic (exact) mass is 368 g/mol. The predicted octanol–water partition coefficient (Wildman–Crippen LogP) is 6.44. The summed E-state index contributed by atoms with van der Waals surface area (Å²) in [5.74, 6) is 1.10. The maximum atomic E-state index is 4.76. The highest BCUT2D eigenvalue weighted by Gasteiger charge is 2.37. The van der Waals surface area contributed by atoms with E-state index in [2.05, 4.69) is 55.7 Å². The summed E-state index contributed by atoms with van der Waals surface area (Å²) in [5, 5.41) is 0. The molecule has 26 heavy (non-hydrogen) atoms. The standard InChI is InChI=1S/C23H32N2S/c1-4-20-9-8-10-21(17-20)26-19(3)18-24-22(5-2)25-15-13-23(14-16-25)11-6-7-12-23/h5,8-10,17-18H,3-4,6-7,11-16H2,1-2H3/b22-5+,24-18-. The molecule has 1 saturated heterocycles. The Kier molecular flexibility index (Phi) is 6.63. The van der Waals surface area contributed by atoms with Crippen LogP contribution in [0.2, 0.25) is 0 Å². The lowest BCUT2D eigenvalue weighted by Crippen LogP contribution is -2.37. The summed E-state index contributed by atoms with van der Waals surface area (Å²) in [6.07, 6.45) is 13.6. The minimum Gasteiger partial charge on any atom is -0.357 e. The second-order valence-electron chi connectivity index (χ2n) is 7.67. The molecule has 0 aromatic heterocycles. The van der Waals surface area contributed by atoms with Crippen molar-refractivity contribution in [3.8, 4) is 0 Å². The van der Waals surface area contributed by atoms with Crippen molar-refractivity contribution < 1.29 is 0 Å². The van der Waals surface area contributed by atoms with Crippen LogP contribution in [0.3, 0.4) is 0 Å². The SMILES string of the molecule is C=C(/C=N\C(=C/C)N1CCC2(CCCC2)CC1)Sc1cccc(CC)c1. The molecule has 0 atom stereocenters. The van der Waals surface area contributed by atoms with Gasteiger partial charge in [-0.1, -0.05) is 50.2 Å². The molecule has 0 unspecified atom stereocenters. The fourth-order valence-electron chi connectivity index (χ4n) is 4.32. The van der Waals surface area contributed by atoms with Gasteiger partial charge in [0.1, 0.15) is 5.82 Å². The van der Waals surface area contributed by atoms with Crippen molar-refractivity contribution in [2.24, 2.45) is 10.4 Å². The Balaban J connectivity index is 1.55. The number of allylic oxidation sites excluding steroid dienone is 2. The Hall–Kier alpha value is -1.48. The fourth-order valence-corrected chi connectivity index (χ4v) is 5.08. The molecule has 1 spiro atoms. The van der Waals surface area contributed by atoms with E-state index in [1.165, 1.54) is 49.0 Å². The molecule has 1 aromatic rings. The molecule has 2 nitrogen and oxygen atoms in total. The molecule has 0 amide bonds. The number of rotatable bonds is 6. The summed E-state index contributed by atoms with van der Waals surface area (Å²) in [5.41, 5.74) is 2.02. The first-order chi connectivity index (χ1) is 12.6. The molecule has 1 aliphatic carbocycles. The number of piperidine rings is 1. The van der Waals surface area contributed by atoms with Crippen LogP contribution in [-0.2, 0) is 6.42 Å². The van der Waals surface area contributed by atoms with Gasteiger partial charge >= 0.3 is 0 Å². The first kappa shape index (κ1) is 19.3. The third-order valence-electron chi connectivity index (χ3n) is 5.97. The number of hydrogen-bond donors (Lipinski definition) is 0. The van der Waals surface area contributed by atoms with Gasteiger partial charge in [0.15, 0.2) is 0 Å². The normalized spacial score (nSPS) is 20.2. The lowest BCUT2D eigenvalue weighted by molar-refractivity contribution is 0.132. The summed E-state index contributed by atoms with van der Waals surface area (Å²) in [6, 6.07) is 8.68. The number of benzene rings is 1. The molecule has 1 aromatic carbocycles. The van der Waals surface area contributed by atoms with E-state index in [1.807, 2.05) is 6.21 Å². The van der Waals surface area contributed by atoms with Gasteiger partial charge in [0.05, 0.1) is 0 Å². The van der Waals surface area contributed by atoms with Crippen molar-refractivity contribution >= 4 is 18.0 Å². The topological polar surface area (TPSA) is 15.6 Å². The van der Waals surface area contributed by atoms with Crippen LogP contribution >= 0.6 is 11.8 Å². The van der Waals surface area contributed by atoms with Gasteiger partial charge in [-0.2, -0.15) is 0 Å². The van der Waals surface area contributed by atoms with Crippen molar-refractivity contribution in [3.63, 3.8) is 0 Å². The summed E-state index contributed by atoms with van der Waals surface area (Å²) < 4.78 is 0. The van der Waals surface area contributed by atoms with Gasteiger partial charge < -0.3 is 4.90 Å².